The molecule has 0 amide bonds. The number of halogens is 2. The second kappa shape index (κ2) is 9.53. The van der Waals surface area contributed by atoms with Crippen LogP contribution in [-0.4, -0.2) is 17.1 Å². The number of methoxy groups -OCH3 is 1. The highest BCUT2D eigenvalue weighted by Crippen LogP contribution is 2.23. The van der Waals surface area contributed by atoms with E-state index in [2.05, 4.69) is 5.32 Å². The summed E-state index contributed by atoms with van der Waals surface area (Å²) >= 11 is 11.9. The van der Waals surface area contributed by atoms with E-state index in [1.165, 1.54) is 6.07 Å². The van der Waals surface area contributed by atoms with E-state index >= 15 is 0 Å². The molecule has 0 aliphatic rings. The van der Waals surface area contributed by atoms with Crippen molar-refractivity contribution in [3.8, 4) is 5.75 Å². The first-order chi connectivity index (χ1) is 13.6. The Morgan fingerprint density at radius 2 is 1.79 bits per heavy atom. The lowest BCUT2D eigenvalue weighted by Gasteiger charge is -2.27. The molecule has 3 rings (SSSR count). The van der Waals surface area contributed by atoms with Crippen LogP contribution in [0, 0.1) is 5.82 Å². The fraction of sp³-hybridized carbons (Fsp3) is 0.136. The number of hydrogen-bond acceptors (Lipinski definition) is 2. The highest BCUT2D eigenvalue weighted by atomic mass is 35.5. The average molecular weight is 415 g/mol. The molecule has 0 aliphatic heterocycles. The van der Waals surface area contributed by atoms with Gasteiger partial charge in [-0.25, -0.2) is 4.39 Å². The van der Waals surface area contributed by atoms with E-state index in [0.717, 1.165) is 17.0 Å². The molecule has 0 fully saturated rings. The van der Waals surface area contributed by atoms with Crippen LogP contribution >= 0.6 is 23.8 Å². The summed E-state index contributed by atoms with van der Waals surface area (Å²) < 4.78 is 19.6. The van der Waals surface area contributed by atoms with Crippen molar-refractivity contribution < 1.29 is 9.13 Å². The average Bonchev–Trinajstić information content (AvgIpc) is 2.71. The van der Waals surface area contributed by atoms with Crippen molar-refractivity contribution in [2.45, 2.75) is 13.1 Å². The van der Waals surface area contributed by atoms with Gasteiger partial charge in [0.05, 0.1) is 7.11 Å². The standard InChI is InChI=1S/C22H20ClFN2OS/c1-27-18-10-5-9-17(13-18)25-22(28)26(14-16-7-3-2-4-8-16)15-19-20(23)11-6-12-21(19)24/h2-13H,14-15H2,1H3,(H,25,28). The van der Waals surface area contributed by atoms with Gasteiger partial charge in [0.15, 0.2) is 5.11 Å². The van der Waals surface area contributed by atoms with Crippen molar-refractivity contribution in [2.24, 2.45) is 0 Å². The molecule has 3 aromatic carbocycles. The van der Waals surface area contributed by atoms with E-state index < -0.39 is 0 Å². The molecule has 28 heavy (non-hydrogen) atoms. The van der Waals surface area contributed by atoms with Gasteiger partial charge in [0.1, 0.15) is 11.6 Å². The van der Waals surface area contributed by atoms with Crippen LogP contribution in [0.3, 0.4) is 0 Å². The van der Waals surface area contributed by atoms with Crippen molar-refractivity contribution in [3.63, 3.8) is 0 Å². The lowest BCUT2D eigenvalue weighted by molar-refractivity contribution is 0.403. The van der Waals surface area contributed by atoms with E-state index in [4.69, 9.17) is 28.6 Å². The summed E-state index contributed by atoms with van der Waals surface area (Å²) in [6.45, 7) is 0.761. The van der Waals surface area contributed by atoms with Gasteiger partial charge in [0, 0.05) is 35.4 Å². The van der Waals surface area contributed by atoms with E-state index in [1.54, 1.807) is 19.2 Å². The molecule has 0 saturated carbocycles. The lowest BCUT2D eigenvalue weighted by atomic mass is 10.1. The summed E-state index contributed by atoms with van der Waals surface area (Å²) in [5.74, 6) is 0.370. The third-order valence-electron chi connectivity index (χ3n) is 4.24. The molecule has 0 heterocycles. The first-order valence-corrected chi connectivity index (χ1v) is 9.52. The highest BCUT2D eigenvalue weighted by Gasteiger charge is 2.16. The lowest BCUT2D eigenvalue weighted by Crippen LogP contribution is -2.34. The maximum absolute atomic E-state index is 14.3. The largest absolute Gasteiger partial charge is 0.497 e. The molecule has 0 atom stereocenters. The Balaban J connectivity index is 1.85. The van der Waals surface area contributed by atoms with Gasteiger partial charge < -0.3 is 15.0 Å². The van der Waals surface area contributed by atoms with Gasteiger partial charge in [-0.15, -0.1) is 0 Å². The molecule has 3 aromatic rings. The molecule has 0 aromatic heterocycles. The number of nitrogens with zero attached hydrogens (tertiary/aromatic N) is 1. The Bertz CT molecular complexity index is 932. The highest BCUT2D eigenvalue weighted by molar-refractivity contribution is 7.80. The molecule has 3 nitrogen and oxygen atoms in total. The fourth-order valence-electron chi connectivity index (χ4n) is 2.78. The maximum atomic E-state index is 14.3. The summed E-state index contributed by atoms with van der Waals surface area (Å²) in [4.78, 5) is 1.88. The van der Waals surface area contributed by atoms with E-state index in [1.807, 2.05) is 59.5 Å². The number of rotatable bonds is 6. The second-order valence-corrected chi connectivity index (χ2v) is 7.00. The van der Waals surface area contributed by atoms with Crippen LogP contribution in [0.15, 0.2) is 72.8 Å². The molecule has 0 aliphatic carbocycles. The minimum Gasteiger partial charge on any atom is -0.497 e. The molecule has 0 bridgehead atoms. The molecule has 0 unspecified atom stereocenters. The second-order valence-electron chi connectivity index (χ2n) is 6.20. The number of benzene rings is 3. The molecule has 0 spiro atoms. The quantitative estimate of drug-likeness (QED) is 0.508. The van der Waals surface area contributed by atoms with Crippen molar-refractivity contribution in [1.82, 2.24) is 4.90 Å². The zero-order valence-electron chi connectivity index (χ0n) is 15.4. The van der Waals surface area contributed by atoms with Crippen LogP contribution in [0.2, 0.25) is 5.02 Å². The normalized spacial score (nSPS) is 10.4. The van der Waals surface area contributed by atoms with E-state index in [0.29, 0.717) is 22.2 Å². The van der Waals surface area contributed by atoms with Crippen LogP contribution < -0.4 is 10.1 Å². The predicted molar refractivity (Wildman–Crippen MR) is 116 cm³/mol. The van der Waals surface area contributed by atoms with E-state index in [-0.39, 0.29) is 12.4 Å². The molecule has 1 N–H and O–H groups in total. The van der Waals surface area contributed by atoms with Gasteiger partial charge >= 0.3 is 0 Å². The number of nitrogens with one attached hydrogen (secondary N) is 1. The van der Waals surface area contributed by atoms with Crippen LogP contribution in [0.25, 0.3) is 0 Å². The Labute approximate surface area is 174 Å². The zero-order chi connectivity index (χ0) is 19.9. The Kier molecular flexibility index (Phi) is 6.85. The Morgan fingerprint density at radius 1 is 1.04 bits per heavy atom. The summed E-state index contributed by atoms with van der Waals surface area (Å²) in [6.07, 6.45) is 0. The number of anilines is 1. The topological polar surface area (TPSA) is 24.5 Å². The van der Waals surface area contributed by atoms with E-state index in [9.17, 15) is 4.39 Å². The summed E-state index contributed by atoms with van der Waals surface area (Å²) in [5, 5.41) is 4.05. The van der Waals surface area contributed by atoms with Crippen molar-refractivity contribution in [2.75, 3.05) is 12.4 Å². The third kappa shape index (κ3) is 5.21. The Morgan fingerprint density at radius 3 is 2.50 bits per heavy atom. The molecular formula is C22H20ClFN2OS. The van der Waals surface area contributed by atoms with Crippen molar-refractivity contribution in [1.29, 1.82) is 0 Å². The van der Waals surface area contributed by atoms with Crippen LogP contribution in [-0.2, 0) is 13.1 Å². The smallest absolute Gasteiger partial charge is 0.174 e. The number of ether oxygens (including phenoxy) is 1. The predicted octanol–water partition coefficient (Wildman–Crippen LogP) is 5.89. The van der Waals surface area contributed by atoms with Gasteiger partial charge in [0.25, 0.3) is 0 Å². The van der Waals surface area contributed by atoms with Crippen molar-refractivity contribution in [3.05, 3.63) is 94.8 Å². The third-order valence-corrected chi connectivity index (χ3v) is 4.95. The molecule has 0 saturated heterocycles. The summed E-state index contributed by atoms with van der Waals surface area (Å²) in [7, 11) is 1.61. The SMILES string of the molecule is COc1cccc(NC(=S)N(Cc2ccccc2)Cc2c(F)cccc2Cl)c1. The summed E-state index contributed by atoms with van der Waals surface area (Å²) in [6, 6.07) is 22.0. The minimum absolute atomic E-state index is 0.246. The number of thiocarbonyl (C=S) groups is 1. The Hall–Kier alpha value is -2.63. The monoisotopic (exact) mass is 414 g/mol. The van der Waals surface area contributed by atoms with Crippen LogP contribution in [0.5, 0.6) is 5.75 Å². The van der Waals surface area contributed by atoms with Gasteiger partial charge in [0.2, 0.25) is 0 Å². The number of hydrogen-bond donors (Lipinski definition) is 1. The van der Waals surface area contributed by atoms with Gasteiger partial charge in [-0.05, 0) is 42.0 Å². The van der Waals surface area contributed by atoms with Gasteiger partial charge in [-0.2, -0.15) is 0 Å². The van der Waals surface area contributed by atoms with Crippen molar-refractivity contribution >= 4 is 34.6 Å². The van der Waals surface area contributed by atoms with Gasteiger partial charge in [-0.1, -0.05) is 54.1 Å². The zero-order valence-corrected chi connectivity index (χ0v) is 16.9. The molecule has 6 heteroatoms. The summed E-state index contributed by atoms with van der Waals surface area (Å²) in [5.41, 5.74) is 2.27. The first kappa shape index (κ1) is 20.1. The fourth-order valence-corrected chi connectivity index (χ4v) is 3.25. The minimum atomic E-state index is -0.352. The first-order valence-electron chi connectivity index (χ1n) is 8.73. The maximum Gasteiger partial charge on any atom is 0.174 e. The molecule has 144 valence electrons. The molecular weight excluding hydrogens is 395 g/mol. The van der Waals surface area contributed by atoms with Crippen LogP contribution in [0.4, 0.5) is 10.1 Å². The molecule has 0 radical (unpaired) electrons. The van der Waals surface area contributed by atoms with Crippen LogP contribution in [0.1, 0.15) is 11.1 Å². The van der Waals surface area contributed by atoms with Gasteiger partial charge in [-0.3, -0.25) is 0 Å².